The Bertz CT molecular complexity index is 494. The minimum Gasteiger partial charge on any atom is -0.355 e. The van der Waals surface area contributed by atoms with E-state index in [4.69, 9.17) is 0 Å². The number of amides is 2. The molecule has 106 valence electrons. The summed E-state index contributed by atoms with van der Waals surface area (Å²) in [5, 5.41) is 5.88. The number of hydrogen-bond donors (Lipinski definition) is 2. The molecule has 1 aromatic rings. The Morgan fingerprint density at radius 2 is 1.85 bits per heavy atom. The van der Waals surface area contributed by atoms with Crippen LogP contribution in [0.2, 0.25) is 0 Å². The van der Waals surface area contributed by atoms with Crippen molar-refractivity contribution in [1.82, 2.24) is 10.6 Å². The molecule has 3 rings (SSSR count). The van der Waals surface area contributed by atoms with Crippen molar-refractivity contribution in [2.24, 2.45) is 5.92 Å². The van der Waals surface area contributed by atoms with Crippen LogP contribution in [0.4, 0.5) is 0 Å². The second kappa shape index (κ2) is 5.65. The lowest BCUT2D eigenvalue weighted by Gasteiger charge is -2.19. The first-order valence-corrected chi connectivity index (χ1v) is 7.39. The molecule has 1 heterocycles. The number of hydrogen-bond acceptors (Lipinski definition) is 2. The molecule has 2 aliphatic rings. The third-order valence-electron chi connectivity index (χ3n) is 4.39. The largest absolute Gasteiger partial charge is 0.355 e. The molecule has 2 N–H and O–H groups in total. The summed E-state index contributed by atoms with van der Waals surface area (Å²) in [5.41, 5.74) is 1.05. The molecule has 20 heavy (non-hydrogen) atoms. The maximum atomic E-state index is 12.4. The van der Waals surface area contributed by atoms with E-state index in [1.165, 1.54) is 12.8 Å². The van der Waals surface area contributed by atoms with E-state index in [2.05, 4.69) is 10.6 Å². The van der Waals surface area contributed by atoms with Gasteiger partial charge in [0.25, 0.3) is 0 Å². The van der Waals surface area contributed by atoms with E-state index in [9.17, 15) is 9.59 Å². The number of nitrogens with one attached hydrogen (secondary N) is 2. The topological polar surface area (TPSA) is 58.2 Å². The highest BCUT2D eigenvalue weighted by Gasteiger charge is 2.41. The van der Waals surface area contributed by atoms with Gasteiger partial charge in [-0.25, -0.2) is 0 Å². The molecule has 1 aromatic carbocycles. The van der Waals surface area contributed by atoms with E-state index in [0.29, 0.717) is 6.54 Å². The van der Waals surface area contributed by atoms with Gasteiger partial charge < -0.3 is 10.6 Å². The van der Waals surface area contributed by atoms with Crippen LogP contribution in [-0.2, 0) is 9.59 Å². The molecule has 0 aromatic heterocycles. The molecule has 2 amide bonds. The molecule has 1 aliphatic heterocycles. The van der Waals surface area contributed by atoms with Crippen molar-refractivity contribution in [1.29, 1.82) is 0 Å². The van der Waals surface area contributed by atoms with Crippen molar-refractivity contribution in [2.75, 3.05) is 6.54 Å². The van der Waals surface area contributed by atoms with Crippen LogP contribution in [0.25, 0.3) is 0 Å². The smallest absolute Gasteiger partial charge is 0.233 e. The molecule has 2 fully saturated rings. The number of benzene rings is 1. The van der Waals surface area contributed by atoms with Gasteiger partial charge in [0.05, 0.1) is 0 Å². The highest BCUT2D eigenvalue weighted by molar-refractivity contribution is 6.03. The standard InChI is InChI=1S/C16H20N2O2/c19-15-14(16(20)18-12-8-4-5-9-12)13(10-17-15)11-6-2-1-3-7-11/h1-3,6-7,12-14H,4-5,8-10H2,(H,17,19)(H,18,20)/t13-,14+/m0/s1. The first-order chi connectivity index (χ1) is 9.75. The fraction of sp³-hybridized carbons (Fsp3) is 0.500. The zero-order valence-corrected chi connectivity index (χ0v) is 11.5. The van der Waals surface area contributed by atoms with E-state index in [1.54, 1.807) is 0 Å². The second-order valence-electron chi connectivity index (χ2n) is 5.73. The Labute approximate surface area is 118 Å². The fourth-order valence-corrected chi connectivity index (χ4v) is 3.29. The summed E-state index contributed by atoms with van der Waals surface area (Å²) in [6.07, 6.45) is 4.42. The fourth-order valence-electron chi connectivity index (χ4n) is 3.29. The highest BCUT2D eigenvalue weighted by atomic mass is 16.2. The van der Waals surface area contributed by atoms with Gasteiger partial charge in [-0.1, -0.05) is 43.2 Å². The summed E-state index contributed by atoms with van der Waals surface area (Å²) in [5.74, 6) is -0.891. The van der Waals surface area contributed by atoms with Crippen molar-refractivity contribution in [3.05, 3.63) is 35.9 Å². The molecular weight excluding hydrogens is 252 g/mol. The average Bonchev–Trinajstić information content (AvgIpc) is 3.09. The summed E-state index contributed by atoms with van der Waals surface area (Å²) in [4.78, 5) is 24.4. The lowest BCUT2D eigenvalue weighted by molar-refractivity contribution is -0.133. The predicted octanol–water partition coefficient (Wildman–Crippen LogP) is 1.57. The number of carbonyl (C=O) groups is 2. The van der Waals surface area contributed by atoms with Gasteiger partial charge in [-0.2, -0.15) is 0 Å². The lowest BCUT2D eigenvalue weighted by atomic mass is 9.88. The normalized spacial score (nSPS) is 26.5. The van der Waals surface area contributed by atoms with Crippen molar-refractivity contribution < 1.29 is 9.59 Å². The van der Waals surface area contributed by atoms with E-state index in [-0.39, 0.29) is 23.8 Å². The van der Waals surface area contributed by atoms with E-state index in [0.717, 1.165) is 18.4 Å². The van der Waals surface area contributed by atoms with Crippen molar-refractivity contribution in [3.8, 4) is 0 Å². The van der Waals surface area contributed by atoms with Crippen LogP contribution in [-0.4, -0.2) is 24.4 Å². The van der Waals surface area contributed by atoms with Crippen LogP contribution in [0.15, 0.2) is 30.3 Å². The van der Waals surface area contributed by atoms with E-state index >= 15 is 0 Å². The molecule has 0 unspecified atom stereocenters. The van der Waals surface area contributed by atoms with Crippen LogP contribution in [0.1, 0.15) is 37.2 Å². The van der Waals surface area contributed by atoms with Gasteiger partial charge in [0.1, 0.15) is 5.92 Å². The maximum absolute atomic E-state index is 12.4. The summed E-state index contributed by atoms with van der Waals surface area (Å²) in [6, 6.07) is 10.1. The molecule has 0 spiro atoms. The molecule has 1 saturated heterocycles. The molecule has 2 atom stereocenters. The molecule has 0 bridgehead atoms. The highest BCUT2D eigenvalue weighted by Crippen LogP contribution is 2.29. The van der Waals surface area contributed by atoms with Gasteiger partial charge in [0.2, 0.25) is 11.8 Å². The Morgan fingerprint density at radius 3 is 2.55 bits per heavy atom. The average molecular weight is 272 g/mol. The van der Waals surface area contributed by atoms with Crippen LogP contribution in [0, 0.1) is 5.92 Å². The first-order valence-electron chi connectivity index (χ1n) is 7.39. The number of rotatable bonds is 3. The third-order valence-corrected chi connectivity index (χ3v) is 4.39. The van der Waals surface area contributed by atoms with E-state index in [1.807, 2.05) is 30.3 Å². The minimum atomic E-state index is -0.585. The molecular formula is C16H20N2O2. The van der Waals surface area contributed by atoms with Gasteiger partial charge in [-0.15, -0.1) is 0 Å². The van der Waals surface area contributed by atoms with E-state index < -0.39 is 5.92 Å². The summed E-state index contributed by atoms with van der Waals surface area (Å²) in [7, 11) is 0. The van der Waals surface area contributed by atoms with Crippen LogP contribution < -0.4 is 10.6 Å². The lowest BCUT2D eigenvalue weighted by Crippen LogP contribution is -2.41. The van der Waals surface area contributed by atoms with Gasteiger partial charge in [-0.3, -0.25) is 9.59 Å². The van der Waals surface area contributed by atoms with Crippen molar-refractivity contribution in [2.45, 2.75) is 37.6 Å². The quantitative estimate of drug-likeness (QED) is 0.821. The molecule has 4 nitrogen and oxygen atoms in total. The third kappa shape index (κ3) is 2.55. The van der Waals surface area contributed by atoms with Gasteiger partial charge >= 0.3 is 0 Å². The van der Waals surface area contributed by atoms with Gasteiger partial charge in [0.15, 0.2) is 0 Å². The van der Waals surface area contributed by atoms with Crippen molar-refractivity contribution >= 4 is 11.8 Å². The second-order valence-corrected chi connectivity index (χ2v) is 5.73. The summed E-state index contributed by atoms with van der Waals surface area (Å²) in [6.45, 7) is 0.547. The van der Waals surface area contributed by atoms with Crippen LogP contribution in [0.5, 0.6) is 0 Å². The van der Waals surface area contributed by atoms with Gasteiger partial charge in [0, 0.05) is 18.5 Å². The zero-order valence-electron chi connectivity index (χ0n) is 11.5. The Morgan fingerprint density at radius 1 is 1.15 bits per heavy atom. The molecule has 1 saturated carbocycles. The van der Waals surface area contributed by atoms with Crippen LogP contribution in [0.3, 0.4) is 0 Å². The zero-order chi connectivity index (χ0) is 13.9. The summed E-state index contributed by atoms with van der Waals surface area (Å²) >= 11 is 0. The minimum absolute atomic E-state index is 0.0508. The Kier molecular flexibility index (Phi) is 3.72. The molecule has 4 heteroatoms. The maximum Gasteiger partial charge on any atom is 0.233 e. The monoisotopic (exact) mass is 272 g/mol. The molecule has 0 radical (unpaired) electrons. The molecule has 1 aliphatic carbocycles. The van der Waals surface area contributed by atoms with Crippen LogP contribution >= 0.6 is 0 Å². The van der Waals surface area contributed by atoms with Gasteiger partial charge in [-0.05, 0) is 18.4 Å². The number of carbonyl (C=O) groups excluding carboxylic acids is 2. The Balaban J connectivity index is 1.74. The predicted molar refractivity (Wildman–Crippen MR) is 76.1 cm³/mol. The first kappa shape index (κ1) is 13.2. The van der Waals surface area contributed by atoms with Crippen molar-refractivity contribution in [3.63, 3.8) is 0 Å². The SMILES string of the molecule is O=C1NC[C@@H](c2ccccc2)[C@H]1C(=O)NC1CCCC1. The summed E-state index contributed by atoms with van der Waals surface area (Å²) < 4.78 is 0. The Hall–Kier alpha value is -1.84.